The molecule has 6 heteroatoms. The molecule has 2 atom stereocenters. The molecule has 134 valence electrons. The Labute approximate surface area is 151 Å². The van der Waals surface area contributed by atoms with Crippen molar-refractivity contribution in [2.24, 2.45) is 0 Å². The van der Waals surface area contributed by atoms with E-state index in [0.29, 0.717) is 11.3 Å². The Morgan fingerprint density at radius 3 is 2.00 bits per heavy atom. The van der Waals surface area contributed by atoms with Crippen LogP contribution in [0.25, 0.3) is 0 Å². The molecule has 2 aromatic rings. The van der Waals surface area contributed by atoms with Crippen molar-refractivity contribution in [3.8, 4) is 11.8 Å². The number of carbonyl (C=O) groups excluding carboxylic acids is 2. The molecule has 1 amide bonds. The highest BCUT2D eigenvalue weighted by Gasteiger charge is 2.25. The molecule has 0 aliphatic rings. The van der Waals surface area contributed by atoms with Crippen molar-refractivity contribution in [3.05, 3.63) is 65.2 Å². The third kappa shape index (κ3) is 5.18. The van der Waals surface area contributed by atoms with Gasteiger partial charge in [0.25, 0.3) is 5.91 Å². The van der Waals surface area contributed by atoms with E-state index in [9.17, 15) is 14.7 Å². The monoisotopic (exact) mass is 352 g/mol. The number of benzene rings is 2. The number of nitrogen functional groups attached to an aromatic ring is 1. The van der Waals surface area contributed by atoms with Crippen LogP contribution in [0, 0.1) is 11.8 Å². The van der Waals surface area contributed by atoms with Gasteiger partial charge in [-0.2, -0.15) is 0 Å². The van der Waals surface area contributed by atoms with Crippen LogP contribution in [0.3, 0.4) is 0 Å². The van der Waals surface area contributed by atoms with Gasteiger partial charge in [0.1, 0.15) is 12.6 Å². The largest absolute Gasteiger partial charge is 0.399 e. The van der Waals surface area contributed by atoms with Gasteiger partial charge in [-0.15, -0.1) is 0 Å². The first kappa shape index (κ1) is 19.2. The second kappa shape index (κ2) is 8.81. The average Bonchev–Trinajstić information content (AvgIpc) is 2.65. The normalized spacial score (nSPS) is 12.4. The second-order valence-electron chi connectivity index (χ2n) is 5.77. The molecule has 0 spiro atoms. The lowest BCUT2D eigenvalue weighted by molar-refractivity contribution is -0.125. The van der Waals surface area contributed by atoms with Crippen molar-refractivity contribution in [2.45, 2.75) is 19.1 Å². The quantitative estimate of drug-likeness (QED) is 0.468. The number of Topliss-reactive ketones (excluding diaryl/α,β-unsaturated/α-hetero) is 1. The van der Waals surface area contributed by atoms with Gasteiger partial charge in [0.05, 0.1) is 6.10 Å². The molecule has 26 heavy (non-hydrogen) atoms. The molecule has 0 bridgehead atoms. The van der Waals surface area contributed by atoms with Crippen molar-refractivity contribution in [1.82, 2.24) is 5.32 Å². The molecule has 0 aliphatic carbocycles. The van der Waals surface area contributed by atoms with Gasteiger partial charge in [-0.1, -0.05) is 11.8 Å². The third-order valence-electron chi connectivity index (χ3n) is 3.68. The summed E-state index contributed by atoms with van der Waals surface area (Å²) in [7, 11) is 0. The number of amides is 1. The third-order valence-corrected chi connectivity index (χ3v) is 3.68. The van der Waals surface area contributed by atoms with Gasteiger partial charge in [0.2, 0.25) is 0 Å². The first-order chi connectivity index (χ1) is 12.4. The Hall–Kier alpha value is -3.14. The van der Waals surface area contributed by atoms with E-state index >= 15 is 0 Å². The first-order valence-electron chi connectivity index (χ1n) is 8.01. The molecule has 0 aromatic heterocycles. The van der Waals surface area contributed by atoms with Crippen molar-refractivity contribution >= 4 is 17.4 Å². The van der Waals surface area contributed by atoms with Crippen LogP contribution in [0.4, 0.5) is 5.69 Å². The fourth-order valence-corrected chi connectivity index (χ4v) is 2.21. The summed E-state index contributed by atoms with van der Waals surface area (Å²) >= 11 is 0. The summed E-state index contributed by atoms with van der Waals surface area (Å²) in [5.41, 5.74) is 8.15. The number of nitrogens with two attached hydrogens (primary N) is 1. The summed E-state index contributed by atoms with van der Waals surface area (Å²) in [4.78, 5) is 23.8. The molecule has 0 fully saturated rings. The van der Waals surface area contributed by atoms with Gasteiger partial charge in [0.15, 0.2) is 5.78 Å². The summed E-state index contributed by atoms with van der Waals surface area (Å²) in [6.07, 6.45) is -1.11. The second-order valence-corrected chi connectivity index (χ2v) is 5.77. The van der Waals surface area contributed by atoms with E-state index in [4.69, 9.17) is 10.8 Å². The van der Waals surface area contributed by atoms with Gasteiger partial charge in [-0.05, 0) is 55.5 Å². The maximum absolute atomic E-state index is 12.2. The molecular weight excluding hydrogens is 332 g/mol. The zero-order chi connectivity index (χ0) is 19.1. The zero-order valence-corrected chi connectivity index (χ0v) is 14.3. The molecular formula is C20H20N2O4. The minimum atomic E-state index is -1.16. The number of rotatable bonds is 5. The van der Waals surface area contributed by atoms with E-state index in [2.05, 4.69) is 17.2 Å². The van der Waals surface area contributed by atoms with Crippen LogP contribution >= 0.6 is 0 Å². The number of anilines is 1. The van der Waals surface area contributed by atoms with Crippen LogP contribution in [-0.4, -0.2) is 40.7 Å². The van der Waals surface area contributed by atoms with E-state index < -0.39 is 30.4 Å². The summed E-state index contributed by atoms with van der Waals surface area (Å²) in [6, 6.07) is 12.5. The molecule has 2 rings (SSSR count). The summed E-state index contributed by atoms with van der Waals surface area (Å²) in [5, 5.41) is 20.9. The van der Waals surface area contributed by atoms with Crippen molar-refractivity contribution in [3.63, 3.8) is 0 Å². The van der Waals surface area contributed by atoms with E-state index in [1.165, 1.54) is 6.92 Å². The number of aliphatic hydroxyl groups excluding tert-OH is 2. The van der Waals surface area contributed by atoms with Gasteiger partial charge in [-0.25, -0.2) is 0 Å². The van der Waals surface area contributed by atoms with Crippen molar-refractivity contribution in [1.29, 1.82) is 0 Å². The molecule has 6 nitrogen and oxygen atoms in total. The van der Waals surface area contributed by atoms with Crippen LogP contribution in [0.15, 0.2) is 48.5 Å². The standard InChI is InChI=1S/C20H20N2O4/c1-13(24)19(18(25)12-23)22-20(26)16-8-4-14(5-9-16)2-3-15-6-10-17(21)11-7-15/h4-11,13,19,23-24H,12,21H2,1H3,(H,22,26)/t13-,19+/m1/s1. The Bertz CT molecular complexity index is 831. The van der Waals surface area contributed by atoms with Gasteiger partial charge >= 0.3 is 0 Å². The average molecular weight is 352 g/mol. The minimum Gasteiger partial charge on any atom is -0.399 e. The van der Waals surface area contributed by atoms with E-state index in [1.54, 1.807) is 36.4 Å². The predicted molar refractivity (Wildman–Crippen MR) is 98.3 cm³/mol. The van der Waals surface area contributed by atoms with Gasteiger partial charge in [0, 0.05) is 22.4 Å². The fourth-order valence-electron chi connectivity index (χ4n) is 2.21. The van der Waals surface area contributed by atoms with E-state index in [1.807, 2.05) is 12.1 Å². The molecule has 0 heterocycles. The maximum atomic E-state index is 12.2. The number of carbonyl (C=O) groups is 2. The number of aliphatic hydroxyl groups is 2. The van der Waals surface area contributed by atoms with Crippen LogP contribution in [-0.2, 0) is 4.79 Å². The van der Waals surface area contributed by atoms with Crippen molar-refractivity contribution < 1.29 is 19.8 Å². The summed E-state index contributed by atoms with van der Waals surface area (Å²) in [6.45, 7) is 0.615. The van der Waals surface area contributed by atoms with Crippen molar-refractivity contribution in [2.75, 3.05) is 12.3 Å². The van der Waals surface area contributed by atoms with Crippen LogP contribution in [0.2, 0.25) is 0 Å². The first-order valence-corrected chi connectivity index (χ1v) is 8.01. The summed E-state index contributed by atoms with van der Waals surface area (Å²) in [5.74, 6) is 4.81. The Morgan fingerprint density at radius 1 is 1.04 bits per heavy atom. The van der Waals surface area contributed by atoms with Crippen LogP contribution in [0.5, 0.6) is 0 Å². The lowest BCUT2D eigenvalue weighted by atomic mass is 10.1. The Kier molecular flexibility index (Phi) is 6.50. The SMILES string of the molecule is C[C@@H](O)[C@H](NC(=O)c1ccc(C#Cc2ccc(N)cc2)cc1)C(=O)CO. The number of nitrogens with one attached hydrogen (secondary N) is 1. The Morgan fingerprint density at radius 2 is 1.54 bits per heavy atom. The molecule has 0 radical (unpaired) electrons. The molecule has 2 aromatic carbocycles. The predicted octanol–water partition coefficient (Wildman–Crippen LogP) is 0.709. The van der Waals surface area contributed by atoms with Crippen LogP contribution < -0.4 is 11.1 Å². The maximum Gasteiger partial charge on any atom is 0.251 e. The molecule has 0 aliphatic heterocycles. The lowest BCUT2D eigenvalue weighted by Crippen LogP contribution is -2.48. The molecule has 0 saturated heterocycles. The van der Waals surface area contributed by atoms with E-state index in [0.717, 1.165) is 11.1 Å². The topological polar surface area (TPSA) is 113 Å². The minimum absolute atomic E-state index is 0.319. The highest BCUT2D eigenvalue weighted by atomic mass is 16.3. The van der Waals surface area contributed by atoms with Crippen LogP contribution in [0.1, 0.15) is 28.4 Å². The highest BCUT2D eigenvalue weighted by Crippen LogP contribution is 2.07. The Balaban J connectivity index is 2.08. The highest BCUT2D eigenvalue weighted by molar-refractivity contribution is 5.98. The molecule has 5 N–H and O–H groups in total. The smallest absolute Gasteiger partial charge is 0.251 e. The number of hydrogen-bond acceptors (Lipinski definition) is 5. The lowest BCUT2D eigenvalue weighted by Gasteiger charge is -2.19. The molecule has 0 saturated carbocycles. The molecule has 0 unspecified atom stereocenters. The number of hydrogen-bond donors (Lipinski definition) is 4. The summed E-state index contributed by atoms with van der Waals surface area (Å²) < 4.78 is 0. The zero-order valence-electron chi connectivity index (χ0n) is 14.3. The van der Waals surface area contributed by atoms with Gasteiger partial charge < -0.3 is 21.3 Å². The number of ketones is 1. The van der Waals surface area contributed by atoms with Gasteiger partial charge in [-0.3, -0.25) is 9.59 Å². The fraction of sp³-hybridized carbons (Fsp3) is 0.200. The van der Waals surface area contributed by atoms with E-state index in [-0.39, 0.29) is 0 Å².